The van der Waals surface area contributed by atoms with Crippen LogP contribution in [0.4, 0.5) is 0 Å². The van der Waals surface area contributed by atoms with Crippen LogP contribution in [0.5, 0.6) is 0 Å². The molecule has 0 radical (unpaired) electrons. The molecular formula is C12H27N3O. The van der Waals surface area contributed by atoms with Crippen molar-refractivity contribution in [2.75, 3.05) is 46.4 Å². The second kappa shape index (κ2) is 7.22. The lowest BCUT2D eigenvalue weighted by Crippen LogP contribution is -2.50. The molecule has 0 aromatic heterocycles. The van der Waals surface area contributed by atoms with E-state index < -0.39 is 0 Å². The van der Waals surface area contributed by atoms with Gasteiger partial charge in [0.05, 0.1) is 6.10 Å². The summed E-state index contributed by atoms with van der Waals surface area (Å²) in [4.78, 5) is 4.94. The van der Waals surface area contributed by atoms with Crippen LogP contribution in [0.15, 0.2) is 0 Å². The fourth-order valence-corrected chi connectivity index (χ4v) is 2.16. The maximum absolute atomic E-state index is 5.67. The van der Waals surface area contributed by atoms with Crippen LogP contribution < -0.4 is 5.73 Å². The Morgan fingerprint density at radius 1 is 1.44 bits per heavy atom. The molecule has 2 N–H and O–H groups in total. The van der Waals surface area contributed by atoms with Gasteiger partial charge in [-0.25, -0.2) is 0 Å². The SMILES string of the molecule is CCOC(CN)CCN1CCN(C)C(C)C1. The van der Waals surface area contributed by atoms with Gasteiger partial charge < -0.3 is 20.3 Å². The third-order valence-corrected chi connectivity index (χ3v) is 3.48. The van der Waals surface area contributed by atoms with Crippen molar-refractivity contribution in [2.45, 2.75) is 32.4 Å². The first-order valence-electron chi connectivity index (χ1n) is 6.41. The minimum Gasteiger partial charge on any atom is -0.377 e. The van der Waals surface area contributed by atoms with Crippen LogP contribution in [0.25, 0.3) is 0 Å². The monoisotopic (exact) mass is 229 g/mol. The summed E-state index contributed by atoms with van der Waals surface area (Å²) in [7, 11) is 2.20. The highest BCUT2D eigenvalue weighted by molar-refractivity contribution is 4.77. The molecule has 1 aliphatic heterocycles. The molecule has 0 saturated carbocycles. The minimum atomic E-state index is 0.236. The number of hydrogen-bond donors (Lipinski definition) is 1. The molecule has 1 heterocycles. The first-order valence-corrected chi connectivity index (χ1v) is 6.41. The second-order valence-corrected chi connectivity index (χ2v) is 4.73. The molecule has 1 rings (SSSR count). The van der Waals surface area contributed by atoms with Crippen molar-refractivity contribution in [3.63, 3.8) is 0 Å². The van der Waals surface area contributed by atoms with Gasteiger partial charge in [-0.15, -0.1) is 0 Å². The number of ether oxygens (including phenoxy) is 1. The van der Waals surface area contributed by atoms with Gasteiger partial charge in [0.2, 0.25) is 0 Å². The van der Waals surface area contributed by atoms with Crippen molar-refractivity contribution in [1.82, 2.24) is 9.80 Å². The Labute approximate surface area is 99.7 Å². The smallest absolute Gasteiger partial charge is 0.0709 e. The van der Waals surface area contributed by atoms with Crippen LogP contribution in [0.1, 0.15) is 20.3 Å². The van der Waals surface area contributed by atoms with Gasteiger partial charge in [0.1, 0.15) is 0 Å². The summed E-state index contributed by atoms with van der Waals surface area (Å²) in [6, 6.07) is 0.664. The highest BCUT2D eigenvalue weighted by atomic mass is 16.5. The molecule has 1 aliphatic rings. The van der Waals surface area contributed by atoms with Crippen molar-refractivity contribution in [3.8, 4) is 0 Å². The maximum Gasteiger partial charge on any atom is 0.0709 e. The van der Waals surface area contributed by atoms with Crippen LogP contribution in [-0.4, -0.2) is 68.3 Å². The zero-order valence-corrected chi connectivity index (χ0v) is 11.0. The third-order valence-electron chi connectivity index (χ3n) is 3.48. The van der Waals surface area contributed by atoms with Gasteiger partial charge >= 0.3 is 0 Å². The van der Waals surface area contributed by atoms with Crippen molar-refractivity contribution in [2.24, 2.45) is 5.73 Å². The Kier molecular flexibility index (Phi) is 6.28. The third kappa shape index (κ3) is 4.37. The fourth-order valence-electron chi connectivity index (χ4n) is 2.16. The molecule has 0 amide bonds. The van der Waals surface area contributed by atoms with E-state index in [0.717, 1.165) is 19.6 Å². The number of likely N-dealkylation sites (N-methyl/N-ethyl adjacent to an activating group) is 1. The van der Waals surface area contributed by atoms with Crippen LogP contribution in [0.2, 0.25) is 0 Å². The van der Waals surface area contributed by atoms with Crippen LogP contribution >= 0.6 is 0 Å². The highest BCUT2D eigenvalue weighted by Crippen LogP contribution is 2.08. The number of hydrogen-bond acceptors (Lipinski definition) is 4. The molecule has 1 fully saturated rings. The summed E-state index contributed by atoms with van der Waals surface area (Å²) in [6.45, 7) is 10.3. The minimum absolute atomic E-state index is 0.236. The lowest BCUT2D eigenvalue weighted by Gasteiger charge is -2.38. The molecule has 4 heteroatoms. The lowest BCUT2D eigenvalue weighted by molar-refractivity contribution is 0.0426. The van der Waals surface area contributed by atoms with E-state index in [1.807, 2.05) is 6.92 Å². The molecule has 0 spiro atoms. The van der Waals surface area contributed by atoms with E-state index in [2.05, 4.69) is 23.8 Å². The Balaban J connectivity index is 2.21. The fraction of sp³-hybridized carbons (Fsp3) is 1.00. The number of rotatable bonds is 6. The van der Waals surface area contributed by atoms with Crippen molar-refractivity contribution < 1.29 is 4.74 Å². The topological polar surface area (TPSA) is 41.7 Å². The predicted octanol–water partition coefficient (Wildman–Crippen LogP) is 0.376. The standard InChI is InChI=1S/C12H27N3O/c1-4-16-12(9-13)5-6-15-8-7-14(3)11(2)10-15/h11-12H,4-10,13H2,1-3H3. The molecule has 16 heavy (non-hydrogen) atoms. The summed E-state index contributed by atoms with van der Waals surface area (Å²) in [5, 5.41) is 0. The average molecular weight is 229 g/mol. The van der Waals surface area contributed by atoms with Crippen LogP contribution in [-0.2, 0) is 4.74 Å². The summed E-state index contributed by atoms with van der Waals surface area (Å²) < 4.78 is 5.57. The van der Waals surface area contributed by atoms with E-state index in [0.29, 0.717) is 12.6 Å². The van der Waals surface area contributed by atoms with E-state index >= 15 is 0 Å². The number of nitrogens with zero attached hydrogens (tertiary/aromatic N) is 2. The molecule has 0 aromatic carbocycles. The first-order chi connectivity index (χ1) is 7.67. The second-order valence-electron chi connectivity index (χ2n) is 4.73. The van der Waals surface area contributed by atoms with Gasteiger partial charge in [0, 0.05) is 45.4 Å². The van der Waals surface area contributed by atoms with Gasteiger partial charge in [-0.05, 0) is 27.3 Å². The highest BCUT2D eigenvalue weighted by Gasteiger charge is 2.20. The Morgan fingerprint density at radius 2 is 2.19 bits per heavy atom. The summed E-state index contributed by atoms with van der Waals surface area (Å²) >= 11 is 0. The molecule has 4 nitrogen and oxygen atoms in total. The Morgan fingerprint density at radius 3 is 2.75 bits per heavy atom. The summed E-state index contributed by atoms with van der Waals surface area (Å²) in [6.07, 6.45) is 1.29. The lowest BCUT2D eigenvalue weighted by atomic mass is 10.1. The van der Waals surface area contributed by atoms with E-state index in [1.54, 1.807) is 0 Å². The van der Waals surface area contributed by atoms with Crippen molar-refractivity contribution in [3.05, 3.63) is 0 Å². The molecule has 0 bridgehead atoms. The summed E-state index contributed by atoms with van der Waals surface area (Å²) in [5.74, 6) is 0. The molecule has 1 saturated heterocycles. The number of nitrogens with two attached hydrogens (primary N) is 1. The molecule has 0 aliphatic carbocycles. The maximum atomic E-state index is 5.67. The van der Waals surface area contributed by atoms with Crippen LogP contribution in [0.3, 0.4) is 0 Å². The van der Waals surface area contributed by atoms with Gasteiger partial charge in [0.15, 0.2) is 0 Å². The quantitative estimate of drug-likeness (QED) is 0.715. The van der Waals surface area contributed by atoms with E-state index in [9.17, 15) is 0 Å². The van der Waals surface area contributed by atoms with Gasteiger partial charge in [-0.1, -0.05) is 0 Å². The van der Waals surface area contributed by atoms with E-state index in [-0.39, 0.29) is 6.10 Å². The van der Waals surface area contributed by atoms with Gasteiger partial charge in [-0.3, -0.25) is 0 Å². The van der Waals surface area contributed by atoms with Gasteiger partial charge in [-0.2, -0.15) is 0 Å². The van der Waals surface area contributed by atoms with Gasteiger partial charge in [0.25, 0.3) is 0 Å². The molecule has 2 unspecified atom stereocenters. The van der Waals surface area contributed by atoms with Crippen molar-refractivity contribution >= 4 is 0 Å². The normalized spacial score (nSPS) is 25.9. The molecule has 2 atom stereocenters. The predicted molar refractivity (Wildman–Crippen MR) is 67.6 cm³/mol. The first kappa shape index (κ1) is 13.9. The van der Waals surface area contributed by atoms with E-state index in [4.69, 9.17) is 10.5 Å². The van der Waals surface area contributed by atoms with Crippen molar-refractivity contribution in [1.29, 1.82) is 0 Å². The Bertz CT molecular complexity index is 189. The summed E-state index contributed by atoms with van der Waals surface area (Å²) in [5.41, 5.74) is 5.67. The largest absolute Gasteiger partial charge is 0.377 e. The average Bonchev–Trinajstić information content (AvgIpc) is 2.28. The van der Waals surface area contributed by atoms with E-state index in [1.165, 1.54) is 19.6 Å². The zero-order valence-electron chi connectivity index (χ0n) is 11.0. The van der Waals surface area contributed by atoms with Crippen LogP contribution in [0, 0.1) is 0 Å². The molecule has 96 valence electrons. The Hall–Kier alpha value is -0.160. The number of piperazine rings is 1. The molecular weight excluding hydrogens is 202 g/mol. The molecule has 0 aromatic rings. The zero-order chi connectivity index (χ0) is 12.0.